The maximum atomic E-state index is 15.5. The number of aliphatic hydroxyl groups is 11. The first-order valence-electron chi connectivity index (χ1n) is 53.6. The third-order valence-electron chi connectivity index (χ3n) is 26.7. The van der Waals surface area contributed by atoms with E-state index < -0.39 is 268 Å². The van der Waals surface area contributed by atoms with Crippen molar-refractivity contribution >= 4 is 57.3 Å². The molecule has 24 atom stereocenters. The highest BCUT2D eigenvalue weighted by Gasteiger charge is 2.63. The van der Waals surface area contributed by atoms with Crippen molar-refractivity contribution in [3.05, 3.63) is 12.2 Å². The van der Waals surface area contributed by atoms with Gasteiger partial charge < -0.3 is 144 Å². The Morgan fingerprint density at radius 3 is 1.21 bits per heavy atom. The number of carbonyl (C=O) groups is 7. The molecule has 142 heavy (non-hydrogen) atoms. The predicted octanol–water partition coefficient (Wildman–Crippen LogP) is 12.0. The van der Waals surface area contributed by atoms with E-state index in [4.69, 9.17) is 56.4 Å². The summed E-state index contributed by atoms with van der Waals surface area (Å²) in [6, 6.07) is -4.41. The number of hydrogen-bond acceptors (Lipinski definition) is 32. The van der Waals surface area contributed by atoms with Gasteiger partial charge in [0.15, 0.2) is 24.8 Å². The summed E-state index contributed by atoms with van der Waals surface area (Å²) in [4.78, 5) is 145. The van der Waals surface area contributed by atoms with Crippen LogP contribution in [0.2, 0.25) is 0 Å². The van der Waals surface area contributed by atoms with Crippen molar-refractivity contribution in [2.45, 2.75) is 553 Å². The molecule has 4 aliphatic rings. The predicted molar refractivity (Wildman–Crippen MR) is 522 cm³/mol. The number of aliphatic hydroxyl groups excluding tert-OH is 11. The van der Waals surface area contributed by atoms with E-state index in [-0.39, 0.29) is 32.1 Å². The lowest BCUT2D eigenvalue weighted by Crippen LogP contribution is -2.69. The monoisotopic (exact) mass is 2080 g/mol. The minimum atomic E-state index is -6.16. The van der Waals surface area contributed by atoms with E-state index in [0.717, 1.165) is 225 Å². The molecule has 0 radical (unpaired) electrons. The molecule has 40 nitrogen and oxygen atoms in total. The molecule has 0 unspecified atom stereocenters. The van der Waals surface area contributed by atoms with Gasteiger partial charge in [0, 0.05) is 19.3 Å². The van der Waals surface area contributed by atoms with Crippen LogP contribution in [0.25, 0.3) is 0 Å². The Morgan fingerprint density at radius 1 is 0.401 bits per heavy atom. The number of carboxylic acids is 2. The lowest BCUT2D eigenvalue weighted by atomic mass is 9.90. The zero-order valence-corrected chi connectivity index (χ0v) is 87.1. The second kappa shape index (κ2) is 73.6. The molecule has 0 saturated carbocycles. The van der Waals surface area contributed by atoms with Gasteiger partial charge in [0.25, 0.3) is 11.6 Å². The van der Waals surface area contributed by atoms with Crippen LogP contribution in [-0.4, -0.2) is 300 Å². The fourth-order valence-corrected chi connectivity index (χ4v) is 19.6. The number of esters is 3. The van der Waals surface area contributed by atoms with E-state index >= 15 is 4.79 Å². The number of allylic oxidation sites excluding steroid dienone is 2. The van der Waals surface area contributed by atoms with E-state index in [1.165, 1.54) is 12.8 Å². The Labute approximate surface area is 840 Å². The van der Waals surface area contributed by atoms with Gasteiger partial charge in [0.05, 0.1) is 82.6 Å². The number of nitrogens with one attached hydrogen (secondary N) is 2. The highest BCUT2D eigenvalue weighted by atomic mass is 31.2. The molecule has 4 saturated heterocycles. The fraction of sp³-hybridized carbons (Fsp3) is 0.910. The van der Waals surface area contributed by atoms with Gasteiger partial charge in [-0.25, -0.2) is 18.7 Å². The van der Waals surface area contributed by atoms with Crippen LogP contribution in [0.15, 0.2) is 12.2 Å². The van der Waals surface area contributed by atoms with E-state index in [1.807, 2.05) is 0 Å². The molecule has 4 aliphatic heterocycles. The average molecular weight is 2080 g/mol. The zero-order chi connectivity index (χ0) is 105. The van der Waals surface area contributed by atoms with Crippen LogP contribution in [0.4, 0.5) is 0 Å². The van der Waals surface area contributed by atoms with Gasteiger partial charge in [0.1, 0.15) is 79.2 Å². The van der Waals surface area contributed by atoms with Crippen molar-refractivity contribution in [1.29, 1.82) is 0 Å². The van der Waals surface area contributed by atoms with Crippen molar-refractivity contribution in [3.8, 4) is 0 Å². The minimum Gasteiger partial charge on any atom is -0.477 e. The van der Waals surface area contributed by atoms with Crippen LogP contribution >= 0.6 is 15.6 Å². The first kappa shape index (κ1) is 130. The van der Waals surface area contributed by atoms with Crippen LogP contribution in [0.1, 0.15) is 407 Å². The number of phosphoric acid groups is 2. The van der Waals surface area contributed by atoms with Gasteiger partial charge in [-0.1, -0.05) is 310 Å². The first-order valence-corrected chi connectivity index (χ1v) is 56.6. The largest absolute Gasteiger partial charge is 0.477 e. The second-order valence-corrected chi connectivity index (χ2v) is 41.7. The summed E-state index contributed by atoms with van der Waals surface area (Å²) in [5, 5.41) is 151. The van der Waals surface area contributed by atoms with Gasteiger partial charge in [-0.15, -0.1) is 0 Å². The molecular weight excluding hydrogens is 1900 g/mol. The van der Waals surface area contributed by atoms with Crippen LogP contribution < -0.4 is 10.6 Å². The van der Waals surface area contributed by atoms with Gasteiger partial charge >= 0.3 is 45.5 Å². The zero-order valence-electron chi connectivity index (χ0n) is 85.3. The van der Waals surface area contributed by atoms with Crippen molar-refractivity contribution in [1.82, 2.24) is 10.6 Å². The normalized spacial score (nSPS) is 26.3. The number of rotatable bonds is 84. The molecule has 0 aromatic rings. The highest BCUT2D eigenvalue weighted by Crippen LogP contribution is 2.47. The third-order valence-corrected chi connectivity index (χ3v) is 27.7. The van der Waals surface area contributed by atoms with E-state index in [2.05, 4.69) is 57.4 Å². The van der Waals surface area contributed by atoms with E-state index in [1.54, 1.807) is 0 Å². The molecule has 19 N–H and O–H groups in total. The Morgan fingerprint density at radius 2 is 0.775 bits per heavy atom. The molecular formula is C100H182N2O38P2. The Balaban J connectivity index is 2.01. The fourth-order valence-electron chi connectivity index (χ4n) is 18.5. The molecule has 4 fully saturated rings. The Hall–Kier alpha value is -4.47. The van der Waals surface area contributed by atoms with Gasteiger partial charge in [0.2, 0.25) is 11.8 Å². The molecule has 0 aromatic heterocycles. The van der Waals surface area contributed by atoms with Crippen LogP contribution in [0, 0.1) is 0 Å². The molecule has 4 heterocycles. The summed E-state index contributed by atoms with van der Waals surface area (Å²) in [6.45, 7) is 5.15. The molecule has 0 aliphatic carbocycles. The third kappa shape index (κ3) is 52.3. The lowest BCUT2D eigenvalue weighted by molar-refractivity contribution is -0.378. The quantitative estimate of drug-likeness (QED) is 0.00884. The maximum absolute atomic E-state index is 15.5. The average Bonchev–Trinajstić information content (AvgIpc) is 0.748. The summed E-state index contributed by atoms with van der Waals surface area (Å²) in [6.07, 6.45) is -1.96. The van der Waals surface area contributed by atoms with Crippen molar-refractivity contribution in [2.24, 2.45) is 0 Å². The summed E-state index contributed by atoms with van der Waals surface area (Å²) in [7, 11) is -12.0. The van der Waals surface area contributed by atoms with Gasteiger partial charge in [-0.3, -0.25) is 33.0 Å². The molecule has 2 amide bonds. The van der Waals surface area contributed by atoms with Crippen LogP contribution in [0.3, 0.4) is 0 Å². The van der Waals surface area contributed by atoms with E-state index in [0.29, 0.717) is 64.2 Å². The van der Waals surface area contributed by atoms with Gasteiger partial charge in [-0.05, 0) is 64.2 Å². The summed E-state index contributed by atoms with van der Waals surface area (Å²) >= 11 is 0. The molecule has 0 bridgehead atoms. The first-order chi connectivity index (χ1) is 67.8. The topological polar surface area (TPSA) is 632 Å². The summed E-state index contributed by atoms with van der Waals surface area (Å²) < 4.78 is 98.6. The standard InChI is InChI=1S/C100H182N2O38P2/c1-6-11-16-21-26-31-32-33-34-39-44-49-54-59-82(113)131-73(58-53-48-43-38-30-25-20-15-10-5)63-81(112)102-86-94(135-84(115)62-72(107)57-52-47-42-37-29-24-19-14-9-4)92(139-141(123,124)125)79(69-130-99(97(119)120)65-77(88(117)91(137-99)76(110)67-104)136-100(98(121)122)64-74(108)87(116)90(138-100)75(109)66-103)133-95(86)129-68-78-89(118)93(134-83(114)61-71(106)56-51-46-41-36-28-23-18-13-8-3)85(96(132-78)140-142(126,127)128)101-80(111)60-70(105)55-50-45-40-35-27-22-17-12-7-2/h31-32,70-79,85-96,103-110,116-118H,6-30,33-69H2,1-5H3,(H,101,111)(H,102,112)(H,119,120)(H,121,122)(H2,123,124,125)(H2,126,127,128)/b32-31-/t70-,71-,72-,73-,74-,75-,76-,77-,78-,79-,85-,86-,87-,88-,89-,90-,91-,92-,93-,94-,95-,96-,99-,100-/m1/s1. The summed E-state index contributed by atoms with van der Waals surface area (Å²) in [5.41, 5.74) is 0. The second-order valence-electron chi connectivity index (χ2n) is 39.4. The molecule has 42 heteroatoms. The highest BCUT2D eigenvalue weighted by molar-refractivity contribution is 7.46. The SMILES string of the molecule is CCCCCC/C=C\CCCCCCCC(=O)O[C@H](CCCCCCCCCCC)CC(=O)N[C@H]1[C@H](OC[C@H]2O[C@H](OP(=O)(O)O)[C@H](NC(=O)C[C@H](O)CCCCCCCCCCC)[C@@H](OC(=O)C[C@H](O)CCCCCCCCCCC)[C@@H]2O)O[C@H](CO[C@]2(C(=O)O)C[C@@H](O[C@]3(C(=O)O)C[C@@H](O)[C@@H](O)[C@@H]([C@H](O)CO)O3)[C@@H](O)[C@@H]([C@H](O)CO)O2)[C@@H](OP(=O)(O)O)[C@@H]1OC(=O)C[C@H](O)CCCCCCCCCCC. The molecule has 0 aromatic carbocycles. The van der Waals surface area contributed by atoms with E-state index in [9.17, 15) is 124 Å². The number of ether oxygens (including phenoxy) is 10. The van der Waals surface area contributed by atoms with Crippen molar-refractivity contribution in [3.63, 3.8) is 0 Å². The van der Waals surface area contributed by atoms with Crippen molar-refractivity contribution < 1.29 is 185 Å². The Kier molecular flexibility index (Phi) is 67.3. The number of unbranched alkanes of at least 4 members (excludes halogenated alkanes) is 41. The maximum Gasteiger partial charge on any atom is 0.472 e. The lowest BCUT2D eigenvalue weighted by Gasteiger charge is -2.50. The molecule has 830 valence electrons. The minimum absolute atomic E-state index is 0.0195. The number of phosphoric ester groups is 2. The molecule has 4 rings (SSSR count). The smallest absolute Gasteiger partial charge is 0.472 e. The molecule has 0 spiro atoms. The van der Waals surface area contributed by atoms with Crippen LogP contribution in [-0.2, 0) is 99.1 Å². The van der Waals surface area contributed by atoms with Gasteiger partial charge in [-0.2, -0.15) is 0 Å². The number of carbonyl (C=O) groups excluding carboxylic acids is 5. The van der Waals surface area contributed by atoms with Crippen LogP contribution in [0.5, 0.6) is 0 Å². The summed E-state index contributed by atoms with van der Waals surface area (Å²) in [5.74, 6) is -16.8. The number of amides is 2. The Bertz CT molecular complexity index is 3530. The number of carboxylic acid groups (broad SMARTS) is 2. The number of aliphatic carboxylic acids is 2. The van der Waals surface area contributed by atoms with Crippen molar-refractivity contribution in [2.75, 3.05) is 26.4 Å². The number of hydrogen-bond donors (Lipinski definition) is 19.